The molecule has 3 rings (SSSR count). The molecule has 0 aliphatic heterocycles. The third-order valence-electron chi connectivity index (χ3n) is 3.51. The minimum Gasteiger partial charge on any atom is -0.467 e. The molecule has 0 aliphatic rings. The minimum atomic E-state index is -0.757. The van der Waals surface area contributed by atoms with Gasteiger partial charge in [0.25, 0.3) is 5.91 Å². The molecule has 2 atom stereocenters. The number of hydrogen-bond donors (Lipinski definition) is 2. The van der Waals surface area contributed by atoms with Gasteiger partial charge in [-0.05, 0) is 38.1 Å². The van der Waals surface area contributed by atoms with Crippen LogP contribution in [0.3, 0.4) is 0 Å². The number of aliphatic hydroxyl groups excluding tert-OH is 1. The van der Waals surface area contributed by atoms with Gasteiger partial charge < -0.3 is 19.3 Å². The molecule has 6 nitrogen and oxygen atoms in total. The second-order valence-electron chi connectivity index (χ2n) is 5.59. The predicted octanol–water partition coefficient (Wildman–Crippen LogP) is 3.55. The average molecular weight is 346 g/mol. The van der Waals surface area contributed by atoms with Crippen LogP contribution < -0.4 is 5.32 Å². The Bertz CT molecular complexity index is 806. The van der Waals surface area contributed by atoms with E-state index in [9.17, 15) is 9.90 Å². The normalized spacial score (nSPS) is 13.6. The Morgan fingerprint density at radius 2 is 2.25 bits per heavy atom. The summed E-state index contributed by atoms with van der Waals surface area (Å²) in [5.41, 5.74) is 0.336. The van der Waals surface area contributed by atoms with Crippen LogP contribution in [0.2, 0.25) is 0 Å². The Balaban J connectivity index is 1.59. The van der Waals surface area contributed by atoms with E-state index >= 15 is 0 Å². The van der Waals surface area contributed by atoms with E-state index in [2.05, 4.69) is 10.3 Å². The molecule has 7 heteroatoms. The van der Waals surface area contributed by atoms with Crippen molar-refractivity contribution in [3.8, 4) is 10.8 Å². The predicted molar refractivity (Wildman–Crippen MR) is 89.8 cm³/mol. The van der Waals surface area contributed by atoms with Gasteiger partial charge in [0.2, 0.25) is 0 Å². The second-order valence-corrected chi connectivity index (χ2v) is 6.45. The van der Waals surface area contributed by atoms with Crippen molar-refractivity contribution in [1.82, 2.24) is 10.3 Å². The number of hydrogen-bond acceptors (Lipinski definition) is 6. The maximum Gasteiger partial charge on any atom is 0.270 e. The highest BCUT2D eigenvalue weighted by molar-refractivity contribution is 7.13. The zero-order valence-corrected chi connectivity index (χ0v) is 14.2. The lowest BCUT2D eigenvalue weighted by molar-refractivity contribution is 0.0899. The lowest BCUT2D eigenvalue weighted by Crippen LogP contribution is -2.33. The van der Waals surface area contributed by atoms with E-state index in [-0.39, 0.29) is 11.9 Å². The van der Waals surface area contributed by atoms with Gasteiger partial charge in [0.15, 0.2) is 10.8 Å². The maximum atomic E-state index is 12.3. The summed E-state index contributed by atoms with van der Waals surface area (Å²) in [6, 6.07) is 6.88. The first-order valence-corrected chi connectivity index (χ1v) is 8.45. The number of rotatable bonds is 6. The Morgan fingerprint density at radius 1 is 1.42 bits per heavy atom. The van der Waals surface area contributed by atoms with Crippen LogP contribution in [0.25, 0.3) is 10.8 Å². The van der Waals surface area contributed by atoms with E-state index in [0.29, 0.717) is 28.6 Å². The van der Waals surface area contributed by atoms with E-state index in [1.807, 2.05) is 26.0 Å². The number of nitrogens with zero attached hydrogens (tertiary/aromatic N) is 1. The van der Waals surface area contributed by atoms with Crippen molar-refractivity contribution < 1.29 is 18.7 Å². The van der Waals surface area contributed by atoms with Gasteiger partial charge in [0, 0.05) is 17.8 Å². The summed E-state index contributed by atoms with van der Waals surface area (Å²) in [4.78, 5) is 16.6. The van der Waals surface area contributed by atoms with Crippen LogP contribution in [0.1, 0.15) is 41.5 Å². The number of amides is 1. The van der Waals surface area contributed by atoms with E-state index in [1.165, 1.54) is 17.6 Å². The van der Waals surface area contributed by atoms with Crippen LogP contribution in [0.5, 0.6) is 0 Å². The molecule has 0 spiro atoms. The summed E-state index contributed by atoms with van der Waals surface area (Å²) in [5.74, 6) is 1.66. The van der Waals surface area contributed by atoms with Crippen molar-refractivity contribution >= 4 is 17.2 Å². The Kier molecular flexibility index (Phi) is 4.82. The molecule has 0 aliphatic carbocycles. The second kappa shape index (κ2) is 7.02. The third kappa shape index (κ3) is 3.74. The number of aliphatic hydroxyl groups is 1. The van der Waals surface area contributed by atoms with Crippen LogP contribution in [0.4, 0.5) is 0 Å². The van der Waals surface area contributed by atoms with Crippen LogP contribution in [-0.4, -0.2) is 22.0 Å². The molecule has 1 amide bonds. The van der Waals surface area contributed by atoms with Gasteiger partial charge in [0.1, 0.15) is 23.3 Å². The lowest BCUT2D eigenvalue weighted by Gasteiger charge is -2.16. The van der Waals surface area contributed by atoms with Crippen molar-refractivity contribution in [3.63, 3.8) is 0 Å². The number of furan rings is 2. The van der Waals surface area contributed by atoms with Gasteiger partial charge in [-0.3, -0.25) is 4.79 Å². The highest BCUT2D eigenvalue weighted by Crippen LogP contribution is 2.25. The van der Waals surface area contributed by atoms with Crippen molar-refractivity contribution in [2.45, 2.75) is 32.4 Å². The molecule has 0 fully saturated rings. The van der Waals surface area contributed by atoms with E-state index in [0.717, 1.165) is 5.76 Å². The van der Waals surface area contributed by atoms with Crippen molar-refractivity contribution in [2.24, 2.45) is 0 Å². The van der Waals surface area contributed by atoms with Crippen LogP contribution in [0, 0.1) is 6.92 Å². The lowest BCUT2D eigenvalue weighted by atomic mass is 10.1. The number of aromatic nitrogens is 1. The summed E-state index contributed by atoms with van der Waals surface area (Å²) >= 11 is 1.35. The molecule has 0 bridgehead atoms. The fraction of sp³-hybridized carbons (Fsp3) is 0.294. The molecule has 2 unspecified atom stereocenters. The average Bonchev–Trinajstić information content (AvgIpc) is 3.28. The number of nitrogens with one attached hydrogen (secondary N) is 1. The fourth-order valence-electron chi connectivity index (χ4n) is 2.33. The molecule has 3 heterocycles. The third-order valence-corrected chi connectivity index (χ3v) is 4.37. The molecule has 0 saturated carbocycles. The molecule has 3 aromatic heterocycles. The first kappa shape index (κ1) is 16.5. The van der Waals surface area contributed by atoms with Crippen molar-refractivity contribution in [1.29, 1.82) is 0 Å². The van der Waals surface area contributed by atoms with E-state index in [4.69, 9.17) is 8.83 Å². The monoisotopic (exact) mass is 346 g/mol. The minimum absolute atomic E-state index is 0.228. The standard InChI is InChI=1S/C17H18N2O4S/c1-10(8-13(20)14-4-3-7-22-14)18-16(21)12-9-24-17(19-12)15-6-5-11(2)23-15/h3-7,9-10,13,20H,8H2,1-2H3,(H,18,21). The molecular formula is C17H18N2O4S. The van der Waals surface area contributed by atoms with Gasteiger partial charge in [-0.1, -0.05) is 0 Å². The Labute approximate surface area is 143 Å². The van der Waals surface area contributed by atoms with Gasteiger partial charge >= 0.3 is 0 Å². The molecule has 0 aromatic carbocycles. The summed E-state index contributed by atoms with van der Waals surface area (Å²) in [7, 11) is 0. The Hall–Kier alpha value is -2.38. The summed E-state index contributed by atoms with van der Waals surface area (Å²) in [6.45, 7) is 3.68. The van der Waals surface area contributed by atoms with Gasteiger partial charge in [-0.15, -0.1) is 11.3 Å². The highest BCUT2D eigenvalue weighted by Gasteiger charge is 2.19. The van der Waals surface area contributed by atoms with Crippen molar-refractivity contribution in [3.05, 3.63) is 53.1 Å². The summed E-state index contributed by atoms with van der Waals surface area (Å²) in [5, 5.41) is 15.2. The Morgan fingerprint density at radius 3 is 2.92 bits per heavy atom. The zero-order valence-electron chi connectivity index (χ0n) is 13.4. The van der Waals surface area contributed by atoms with Gasteiger partial charge in [0.05, 0.1) is 6.26 Å². The van der Waals surface area contributed by atoms with Gasteiger partial charge in [-0.2, -0.15) is 0 Å². The topological polar surface area (TPSA) is 88.5 Å². The molecule has 0 radical (unpaired) electrons. The van der Waals surface area contributed by atoms with Crippen molar-refractivity contribution in [2.75, 3.05) is 0 Å². The zero-order chi connectivity index (χ0) is 17.1. The number of carbonyl (C=O) groups is 1. The number of carbonyl (C=O) groups excluding carboxylic acids is 1. The SMILES string of the molecule is Cc1ccc(-c2nc(C(=O)NC(C)CC(O)c3ccco3)cs2)o1. The summed E-state index contributed by atoms with van der Waals surface area (Å²) in [6.07, 6.45) is 1.11. The van der Waals surface area contributed by atoms with Crippen LogP contribution in [0.15, 0.2) is 44.7 Å². The van der Waals surface area contributed by atoms with E-state index in [1.54, 1.807) is 17.5 Å². The van der Waals surface area contributed by atoms with Gasteiger partial charge in [-0.25, -0.2) is 4.98 Å². The maximum absolute atomic E-state index is 12.3. The molecule has 3 aromatic rings. The largest absolute Gasteiger partial charge is 0.467 e. The first-order chi connectivity index (χ1) is 11.5. The number of thiazole rings is 1. The smallest absolute Gasteiger partial charge is 0.270 e. The quantitative estimate of drug-likeness (QED) is 0.712. The molecule has 2 N–H and O–H groups in total. The molecule has 126 valence electrons. The number of aryl methyl sites for hydroxylation is 1. The van der Waals surface area contributed by atoms with Crippen LogP contribution in [-0.2, 0) is 0 Å². The van der Waals surface area contributed by atoms with Crippen LogP contribution >= 0.6 is 11.3 Å². The van der Waals surface area contributed by atoms with E-state index < -0.39 is 6.10 Å². The fourth-order valence-corrected chi connectivity index (χ4v) is 3.09. The first-order valence-electron chi connectivity index (χ1n) is 7.57. The summed E-state index contributed by atoms with van der Waals surface area (Å²) < 4.78 is 10.7. The molecular weight excluding hydrogens is 328 g/mol. The highest BCUT2D eigenvalue weighted by atomic mass is 32.1. The molecule has 24 heavy (non-hydrogen) atoms. The molecule has 0 saturated heterocycles.